The Kier molecular flexibility index (Phi) is 4.07. The second kappa shape index (κ2) is 6.66. The molecule has 30 heavy (non-hydrogen) atoms. The standard InChI is InChI=1S/C25H20N2O3/c1-15-7-11-17(12-8-15)21-22(25(30)26(21)18-13-9-16(2)10-14-18)27-23(28)19-5-3-4-6-20(19)24(27)29/h3-14,21-22H,1-2H3/t21-,22+/m1/s1. The molecule has 3 amide bonds. The molecule has 1 fully saturated rings. The van der Waals surface area contributed by atoms with E-state index in [-0.39, 0.29) is 5.91 Å². The van der Waals surface area contributed by atoms with Crippen LogP contribution in [0.3, 0.4) is 0 Å². The van der Waals surface area contributed by atoms with Gasteiger partial charge in [-0.15, -0.1) is 0 Å². The summed E-state index contributed by atoms with van der Waals surface area (Å²) in [7, 11) is 0. The Bertz CT molecular complexity index is 1150. The van der Waals surface area contributed by atoms with Crippen molar-refractivity contribution in [3.63, 3.8) is 0 Å². The third kappa shape index (κ3) is 2.59. The SMILES string of the molecule is Cc1ccc([C@@H]2[C@H](N3C(=O)c4ccccc4C3=O)C(=O)N2c2ccc(C)cc2)cc1. The van der Waals surface area contributed by atoms with Crippen molar-refractivity contribution >= 4 is 23.4 Å². The van der Waals surface area contributed by atoms with Gasteiger partial charge in [0.1, 0.15) is 6.04 Å². The quantitative estimate of drug-likeness (QED) is 0.496. The van der Waals surface area contributed by atoms with E-state index in [9.17, 15) is 14.4 Å². The van der Waals surface area contributed by atoms with Crippen molar-refractivity contribution in [3.8, 4) is 0 Å². The summed E-state index contributed by atoms with van der Waals surface area (Å²) in [6.07, 6.45) is 0. The zero-order valence-electron chi connectivity index (χ0n) is 16.7. The number of rotatable bonds is 3. The van der Waals surface area contributed by atoms with Gasteiger partial charge < -0.3 is 4.90 Å². The smallest absolute Gasteiger partial charge is 0.262 e. The van der Waals surface area contributed by atoms with Gasteiger partial charge in [-0.2, -0.15) is 0 Å². The molecular formula is C25H20N2O3. The Hall–Kier alpha value is -3.73. The molecular weight excluding hydrogens is 376 g/mol. The molecule has 0 radical (unpaired) electrons. The highest BCUT2D eigenvalue weighted by atomic mass is 16.2. The van der Waals surface area contributed by atoms with E-state index in [0.29, 0.717) is 11.1 Å². The molecule has 5 nitrogen and oxygen atoms in total. The van der Waals surface area contributed by atoms with Gasteiger partial charge >= 0.3 is 0 Å². The number of hydrogen-bond donors (Lipinski definition) is 0. The minimum Gasteiger partial charge on any atom is -0.300 e. The van der Waals surface area contributed by atoms with Crippen LogP contribution in [0.25, 0.3) is 0 Å². The van der Waals surface area contributed by atoms with Gasteiger partial charge in [0.25, 0.3) is 17.7 Å². The zero-order valence-corrected chi connectivity index (χ0v) is 16.7. The Morgan fingerprint density at radius 1 is 0.600 bits per heavy atom. The second-order valence-corrected chi connectivity index (χ2v) is 7.87. The van der Waals surface area contributed by atoms with Crippen LogP contribution in [0.15, 0.2) is 72.8 Å². The topological polar surface area (TPSA) is 57.7 Å². The van der Waals surface area contributed by atoms with Gasteiger partial charge in [-0.25, -0.2) is 0 Å². The van der Waals surface area contributed by atoms with Crippen molar-refractivity contribution in [2.45, 2.75) is 25.9 Å². The van der Waals surface area contributed by atoms with Gasteiger partial charge in [0.05, 0.1) is 17.2 Å². The first-order valence-electron chi connectivity index (χ1n) is 9.90. The number of anilines is 1. The Morgan fingerprint density at radius 2 is 1.10 bits per heavy atom. The molecule has 3 aromatic carbocycles. The molecule has 2 aliphatic heterocycles. The summed E-state index contributed by atoms with van der Waals surface area (Å²) in [5.74, 6) is -1.07. The lowest BCUT2D eigenvalue weighted by Crippen LogP contribution is -2.67. The zero-order chi connectivity index (χ0) is 21.0. The van der Waals surface area contributed by atoms with Gasteiger partial charge in [-0.05, 0) is 43.7 Å². The van der Waals surface area contributed by atoms with Crippen LogP contribution >= 0.6 is 0 Å². The number of benzene rings is 3. The van der Waals surface area contributed by atoms with Crippen LogP contribution in [0.1, 0.15) is 43.4 Å². The lowest BCUT2D eigenvalue weighted by molar-refractivity contribution is -0.130. The fraction of sp³-hybridized carbons (Fsp3) is 0.160. The van der Waals surface area contributed by atoms with E-state index in [4.69, 9.17) is 0 Å². The summed E-state index contributed by atoms with van der Waals surface area (Å²) in [6.45, 7) is 3.98. The van der Waals surface area contributed by atoms with E-state index < -0.39 is 23.9 Å². The fourth-order valence-corrected chi connectivity index (χ4v) is 4.27. The molecule has 2 atom stereocenters. The van der Waals surface area contributed by atoms with Gasteiger partial charge in [0, 0.05) is 5.69 Å². The van der Waals surface area contributed by atoms with Crippen LogP contribution in [0.4, 0.5) is 5.69 Å². The first kappa shape index (κ1) is 18.3. The van der Waals surface area contributed by atoms with Crippen molar-refractivity contribution in [2.24, 2.45) is 0 Å². The lowest BCUT2D eigenvalue weighted by Gasteiger charge is -2.49. The predicted molar refractivity (Wildman–Crippen MR) is 113 cm³/mol. The minimum atomic E-state index is -0.860. The van der Waals surface area contributed by atoms with Crippen molar-refractivity contribution in [1.29, 1.82) is 0 Å². The van der Waals surface area contributed by atoms with Crippen molar-refractivity contribution in [2.75, 3.05) is 4.90 Å². The second-order valence-electron chi connectivity index (χ2n) is 7.87. The number of β-lactam (4-membered cyclic amide) rings is 1. The minimum absolute atomic E-state index is 0.251. The normalized spacial score (nSPS) is 20.4. The average molecular weight is 396 g/mol. The van der Waals surface area contributed by atoms with Crippen LogP contribution in [0.5, 0.6) is 0 Å². The van der Waals surface area contributed by atoms with E-state index in [1.54, 1.807) is 29.2 Å². The Balaban J connectivity index is 1.58. The van der Waals surface area contributed by atoms with Crippen molar-refractivity contribution in [3.05, 3.63) is 101 Å². The van der Waals surface area contributed by atoms with E-state index in [1.165, 1.54) is 0 Å². The molecule has 0 aliphatic carbocycles. The number of amides is 3. The van der Waals surface area contributed by atoms with Gasteiger partial charge in [0.2, 0.25) is 0 Å². The molecule has 0 saturated carbocycles. The van der Waals surface area contributed by atoms with E-state index in [0.717, 1.165) is 27.3 Å². The van der Waals surface area contributed by atoms with Gasteiger partial charge in [-0.1, -0.05) is 59.7 Å². The molecule has 5 rings (SSSR count). The number of aryl methyl sites for hydroxylation is 2. The number of fused-ring (bicyclic) bond motifs is 1. The average Bonchev–Trinajstić information content (AvgIpc) is 3.00. The molecule has 0 spiro atoms. The maximum atomic E-state index is 13.3. The number of hydrogen-bond acceptors (Lipinski definition) is 3. The maximum absolute atomic E-state index is 13.3. The molecule has 2 aliphatic rings. The maximum Gasteiger partial charge on any atom is 0.262 e. The van der Waals surface area contributed by atoms with E-state index in [1.807, 2.05) is 62.4 Å². The van der Waals surface area contributed by atoms with Crippen LogP contribution in [-0.2, 0) is 4.79 Å². The van der Waals surface area contributed by atoms with Crippen LogP contribution in [0, 0.1) is 13.8 Å². The molecule has 1 saturated heterocycles. The number of nitrogens with zero attached hydrogens (tertiary/aromatic N) is 2. The molecule has 0 unspecified atom stereocenters. The molecule has 148 valence electrons. The molecule has 0 bridgehead atoms. The van der Waals surface area contributed by atoms with Crippen LogP contribution in [-0.4, -0.2) is 28.7 Å². The van der Waals surface area contributed by atoms with Crippen molar-refractivity contribution in [1.82, 2.24) is 4.90 Å². The van der Waals surface area contributed by atoms with Crippen molar-refractivity contribution < 1.29 is 14.4 Å². The highest BCUT2D eigenvalue weighted by Crippen LogP contribution is 2.44. The summed E-state index contributed by atoms with van der Waals surface area (Å²) in [4.78, 5) is 42.2. The Morgan fingerprint density at radius 3 is 1.63 bits per heavy atom. The fourth-order valence-electron chi connectivity index (χ4n) is 4.27. The molecule has 3 aromatic rings. The summed E-state index contributed by atoms with van der Waals surface area (Å²) in [5.41, 5.74) is 4.55. The largest absolute Gasteiger partial charge is 0.300 e. The monoisotopic (exact) mass is 396 g/mol. The summed E-state index contributed by atoms with van der Waals surface area (Å²) < 4.78 is 0. The van der Waals surface area contributed by atoms with Gasteiger partial charge in [0.15, 0.2) is 0 Å². The Labute approximate surface area is 174 Å². The summed E-state index contributed by atoms with van der Waals surface area (Å²) >= 11 is 0. The molecule has 2 heterocycles. The first-order valence-corrected chi connectivity index (χ1v) is 9.90. The number of imide groups is 1. The highest BCUT2D eigenvalue weighted by Gasteiger charge is 2.57. The third-order valence-corrected chi connectivity index (χ3v) is 5.90. The van der Waals surface area contributed by atoms with E-state index in [2.05, 4.69) is 0 Å². The number of carbonyl (C=O) groups is 3. The molecule has 5 heteroatoms. The van der Waals surface area contributed by atoms with Crippen LogP contribution in [0.2, 0.25) is 0 Å². The summed E-state index contributed by atoms with van der Waals surface area (Å²) in [6, 6.07) is 21.0. The first-order chi connectivity index (χ1) is 14.5. The molecule has 0 N–H and O–H groups in total. The van der Waals surface area contributed by atoms with Gasteiger partial charge in [-0.3, -0.25) is 19.3 Å². The molecule has 0 aromatic heterocycles. The lowest BCUT2D eigenvalue weighted by atomic mass is 9.86. The van der Waals surface area contributed by atoms with Crippen LogP contribution < -0.4 is 4.90 Å². The third-order valence-electron chi connectivity index (χ3n) is 5.90. The number of carbonyl (C=O) groups excluding carboxylic acids is 3. The predicted octanol–water partition coefficient (Wildman–Crippen LogP) is 4.06. The highest BCUT2D eigenvalue weighted by molar-refractivity contribution is 6.24. The van der Waals surface area contributed by atoms with E-state index >= 15 is 0 Å². The summed E-state index contributed by atoms with van der Waals surface area (Å²) in [5, 5.41) is 0.